The molecule has 2 N–H and O–H groups in total. The smallest absolute Gasteiger partial charge is 0.309 e. The molecular weight excluding hydrogens is 596 g/mol. The van der Waals surface area contributed by atoms with Crippen LogP contribution in [0.1, 0.15) is 100 Å². The van der Waals surface area contributed by atoms with Crippen molar-refractivity contribution in [3.8, 4) is 0 Å². The zero-order valence-electron chi connectivity index (χ0n) is 28.3. The zero-order chi connectivity index (χ0) is 34.1. The Bertz CT molecular complexity index is 1340. The van der Waals surface area contributed by atoms with Crippen molar-refractivity contribution in [3.05, 3.63) is 11.6 Å². The van der Waals surface area contributed by atoms with Crippen molar-refractivity contribution in [1.82, 2.24) is 0 Å². The summed E-state index contributed by atoms with van der Waals surface area (Å²) in [7, 11) is 0. The summed E-state index contributed by atoms with van der Waals surface area (Å²) in [6.45, 7) is 13.1. The minimum absolute atomic E-state index is 0.160. The van der Waals surface area contributed by atoms with Gasteiger partial charge in [-0.2, -0.15) is 0 Å². The number of ketones is 1. The third-order valence-electron chi connectivity index (χ3n) is 12.8. The van der Waals surface area contributed by atoms with E-state index in [0.29, 0.717) is 37.7 Å². The number of fused-ring (bicyclic) bond motifs is 5. The van der Waals surface area contributed by atoms with Gasteiger partial charge in [0.1, 0.15) is 30.0 Å². The molecule has 0 radical (unpaired) electrons. The maximum Gasteiger partial charge on any atom is 0.309 e. The van der Waals surface area contributed by atoms with Crippen molar-refractivity contribution >= 4 is 29.7 Å². The van der Waals surface area contributed by atoms with Crippen molar-refractivity contribution in [1.29, 1.82) is 0 Å². The zero-order valence-corrected chi connectivity index (χ0v) is 28.3. The van der Waals surface area contributed by atoms with Gasteiger partial charge in [0, 0.05) is 38.0 Å². The Hall–Kier alpha value is -2.79. The first kappa shape index (κ1) is 34.5. The standard InChI is InChI=1S/C35H50O11/c1-17-22(18(2)43-31(17)40)13-30(46-21(5)38)34(8,41)29-10-12-35(42)24-14-26(39)25-15-27(44-19(3)36)28(45-20(4)37)16-32(25,6)23(24)9-11-33(29,35)7/h14,17-18,22-23,25,27-30,41-42H,9-13,15-16H2,1-8H3/t17-,18+,22+,23+,25+,27-,28+,29+,30-,32-,33-,34-,35-/m1/s1. The van der Waals surface area contributed by atoms with Crippen LogP contribution in [0.25, 0.3) is 0 Å². The number of cyclic esters (lactones) is 1. The summed E-state index contributed by atoms with van der Waals surface area (Å²) in [6.07, 6.45) is 1.34. The monoisotopic (exact) mass is 646 g/mol. The van der Waals surface area contributed by atoms with Crippen molar-refractivity contribution in [3.63, 3.8) is 0 Å². The molecule has 1 aliphatic heterocycles. The second kappa shape index (κ2) is 11.7. The maximum atomic E-state index is 13.9. The van der Waals surface area contributed by atoms with Crippen LogP contribution in [0, 0.1) is 40.4 Å². The van der Waals surface area contributed by atoms with Crippen LogP contribution in [0.15, 0.2) is 11.6 Å². The van der Waals surface area contributed by atoms with Crippen LogP contribution in [0.3, 0.4) is 0 Å². The molecule has 11 nitrogen and oxygen atoms in total. The van der Waals surface area contributed by atoms with Crippen LogP contribution in [-0.2, 0) is 42.9 Å². The molecule has 3 saturated carbocycles. The van der Waals surface area contributed by atoms with Crippen LogP contribution in [-0.4, -0.2) is 75.5 Å². The Kier molecular flexibility index (Phi) is 8.80. The number of rotatable bonds is 7. The SMILES string of the molecule is CC(=O)O[C@H]1C[C@@]2(C)[C@@H](C[C@H]1OC(C)=O)C(=O)C=C1[C@@H]2CC[C@]2(C)[C@@H]([C@@](C)(O)[C@@H](C[C@@H]3[C@H](C)OC(=O)[C@@H]3C)OC(C)=O)CC[C@@]12O. The largest absolute Gasteiger partial charge is 0.462 e. The number of ether oxygens (including phenoxy) is 4. The van der Waals surface area contributed by atoms with Gasteiger partial charge < -0.3 is 29.2 Å². The van der Waals surface area contributed by atoms with Crippen LogP contribution in [0.4, 0.5) is 0 Å². The molecule has 0 amide bonds. The molecule has 4 fully saturated rings. The maximum absolute atomic E-state index is 13.9. The number of hydrogen-bond donors (Lipinski definition) is 2. The molecular formula is C35H50O11. The minimum atomic E-state index is -1.57. The second-order valence-electron chi connectivity index (χ2n) is 15.4. The van der Waals surface area contributed by atoms with Crippen molar-refractivity contribution in [2.75, 3.05) is 0 Å². The van der Waals surface area contributed by atoms with Gasteiger partial charge >= 0.3 is 23.9 Å². The van der Waals surface area contributed by atoms with E-state index < -0.39 is 82.1 Å². The van der Waals surface area contributed by atoms with Crippen LogP contribution < -0.4 is 0 Å². The lowest BCUT2D eigenvalue weighted by atomic mass is 9.45. The first-order valence-corrected chi connectivity index (χ1v) is 16.7. The van der Waals surface area contributed by atoms with Gasteiger partial charge in [0.15, 0.2) is 5.78 Å². The quantitative estimate of drug-likeness (QED) is 0.307. The summed E-state index contributed by atoms with van der Waals surface area (Å²) in [4.78, 5) is 62.5. The summed E-state index contributed by atoms with van der Waals surface area (Å²) in [6, 6.07) is 0. The van der Waals surface area contributed by atoms with E-state index in [-0.39, 0.29) is 36.4 Å². The fraction of sp³-hybridized carbons (Fsp3) is 0.800. The molecule has 1 saturated heterocycles. The molecule has 1 heterocycles. The number of carbonyl (C=O) groups excluding carboxylic acids is 5. The molecule has 0 spiro atoms. The van der Waals surface area contributed by atoms with Gasteiger partial charge in [0.2, 0.25) is 0 Å². The van der Waals surface area contributed by atoms with E-state index in [1.807, 2.05) is 13.8 Å². The van der Waals surface area contributed by atoms with Crippen molar-refractivity contribution < 1.29 is 53.1 Å². The molecule has 0 unspecified atom stereocenters. The fourth-order valence-electron chi connectivity index (χ4n) is 10.4. The van der Waals surface area contributed by atoms with E-state index in [9.17, 15) is 34.2 Å². The molecule has 256 valence electrons. The lowest BCUT2D eigenvalue weighted by Crippen LogP contribution is -2.63. The molecule has 5 rings (SSSR count). The Morgan fingerprint density at radius 1 is 1.00 bits per heavy atom. The topological polar surface area (TPSA) is 163 Å². The van der Waals surface area contributed by atoms with Crippen molar-refractivity contribution in [2.45, 2.75) is 136 Å². The third kappa shape index (κ3) is 5.39. The molecule has 46 heavy (non-hydrogen) atoms. The summed E-state index contributed by atoms with van der Waals surface area (Å²) < 4.78 is 22.4. The first-order valence-electron chi connectivity index (χ1n) is 16.7. The molecule has 4 aliphatic carbocycles. The van der Waals surface area contributed by atoms with E-state index in [1.165, 1.54) is 20.8 Å². The number of carbonyl (C=O) groups is 5. The van der Waals surface area contributed by atoms with E-state index in [4.69, 9.17) is 18.9 Å². The lowest BCUT2D eigenvalue weighted by molar-refractivity contribution is -0.197. The Balaban J connectivity index is 1.48. The highest BCUT2D eigenvalue weighted by atomic mass is 16.6. The van der Waals surface area contributed by atoms with Gasteiger partial charge in [-0.3, -0.25) is 24.0 Å². The minimum Gasteiger partial charge on any atom is -0.462 e. The Morgan fingerprint density at radius 3 is 2.20 bits per heavy atom. The summed E-state index contributed by atoms with van der Waals surface area (Å²) in [5.74, 6) is -3.94. The van der Waals surface area contributed by atoms with Crippen LogP contribution >= 0.6 is 0 Å². The fourth-order valence-corrected chi connectivity index (χ4v) is 10.4. The highest BCUT2D eigenvalue weighted by Crippen LogP contribution is 2.69. The average Bonchev–Trinajstić information content (AvgIpc) is 3.35. The first-order chi connectivity index (χ1) is 21.3. The Morgan fingerprint density at radius 2 is 1.63 bits per heavy atom. The summed E-state index contributed by atoms with van der Waals surface area (Å²) in [5, 5.41) is 25.1. The number of hydrogen-bond acceptors (Lipinski definition) is 11. The van der Waals surface area contributed by atoms with Crippen LogP contribution in [0.2, 0.25) is 0 Å². The van der Waals surface area contributed by atoms with E-state index >= 15 is 0 Å². The summed E-state index contributed by atoms with van der Waals surface area (Å²) in [5.41, 5.74) is -3.90. The third-order valence-corrected chi connectivity index (χ3v) is 12.8. The van der Waals surface area contributed by atoms with Gasteiger partial charge in [-0.25, -0.2) is 0 Å². The highest BCUT2D eigenvalue weighted by molar-refractivity contribution is 5.95. The van der Waals surface area contributed by atoms with Gasteiger partial charge in [-0.1, -0.05) is 20.8 Å². The molecule has 5 aliphatic rings. The van der Waals surface area contributed by atoms with Gasteiger partial charge in [-0.15, -0.1) is 0 Å². The van der Waals surface area contributed by atoms with Crippen LogP contribution in [0.5, 0.6) is 0 Å². The molecule has 0 aromatic rings. The summed E-state index contributed by atoms with van der Waals surface area (Å²) >= 11 is 0. The van der Waals surface area contributed by atoms with Gasteiger partial charge in [0.05, 0.1) is 11.5 Å². The molecule has 0 aromatic carbocycles. The number of allylic oxidation sites excluding steroid dienone is 1. The Labute approximate surface area is 270 Å². The normalized spacial score (nSPS) is 43.6. The lowest BCUT2D eigenvalue weighted by Gasteiger charge is -2.61. The molecule has 11 heteroatoms. The second-order valence-corrected chi connectivity index (χ2v) is 15.4. The average molecular weight is 647 g/mol. The van der Waals surface area contributed by atoms with E-state index in [0.717, 1.165) is 0 Å². The van der Waals surface area contributed by atoms with Crippen molar-refractivity contribution in [2.24, 2.45) is 40.4 Å². The number of esters is 4. The predicted molar refractivity (Wildman–Crippen MR) is 163 cm³/mol. The molecule has 0 aromatic heterocycles. The highest BCUT2D eigenvalue weighted by Gasteiger charge is 2.70. The van der Waals surface area contributed by atoms with Gasteiger partial charge in [0.25, 0.3) is 0 Å². The molecule has 13 atom stereocenters. The predicted octanol–water partition coefficient (Wildman–Crippen LogP) is 3.60. The molecule has 0 bridgehead atoms. The van der Waals surface area contributed by atoms with E-state index in [1.54, 1.807) is 26.8 Å². The number of aliphatic hydroxyl groups is 2. The van der Waals surface area contributed by atoms with E-state index in [2.05, 4.69) is 0 Å². The van der Waals surface area contributed by atoms with Gasteiger partial charge in [-0.05, 0) is 87.7 Å².